The molecule has 1 N–H and O–H groups in total. The minimum atomic E-state index is -0.157. The molecule has 7 heteroatoms. The van der Waals surface area contributed by atoms with E-state index in [0.29, 0.717) is 25.1 Å². The largest absolute Gasteiger partial charge is 0.369 e. The van der Waals surface area contributed by atoms with Crippen LogP contribution in [0, 0.1) is 6.92 Å². The van der Waals surface area contributed by atoms with Gasteiger partial charge in [-0.2, -0.15) is 5.10 Å². The van der Waals surface area contributed by atoms with Gasteiger partial charge in [0.05, 0.1) is 5.52 Å². The second-order valence-corrected chi connectivity index (χ2v) is 9.13. The molecule has 178 valence electrons. The number of rotatable bonds is 8. The van der Waals surface area contributed by atoms with E-state index < -0.39 is 0 Å². The normalized spacial score (nSPS) is 16.1. The lowest BCUT2D eigenvalue weighted by atomic mass is 10.0. The maximum atomic E-state index is 13.6. The van der Waals surface area contributed by atoms with E-state index in [9.17, 15) is 9.59 Å². The van der Waals surface area contributed by atoms with Gasteiger partial charge in [-0.25, -0.2) is 0 Å². The first-order valence-electron chi connectivity index (χ1n) is 11.8. The summed E-state index contributed by atoms with van der Waals surface area (Å²) in [5.74, 6) is -0.0886. The summed E-state index contributed by atoms with van der Waals surface area (Å²) >= 11 is 0. The summed E-state index contributed by atoms with van der Waals surface area (Å²) in [5.41, 5.74) is 3.64. The number of aryl methyl sites for hydroxylation is 2. The van der Waals surface area contributed by atoms with Crippen molar-refractivity contribution in [3.63, 3.8) is 0 Å². The zero-order valence-corrected chi connectivity index (χ0v) is 20.4. The van der Waals surface area contributed by atoms with Gasteiger partial charge in [0.15, 0.2) is 5.69 Å². The third-order valence-corrected chi connectivity index (χ3v) is 6.66. The van der Waals surface area contributed by atoms with Crippen LogP contribution in [-0.2, 0) is 18.3 Å². The van der Waals surface area contributed by atoms with Crippen LogP contribution in [0.5, 0.6) is 0 Å². The number of likely N-dealkylation sites (N-methyl/N-ethyl adjacent to an activating group) is 2. The number of benzene rings is 2. The molecule has 1 aliphatic heterocycles. The van der Waals surface area contributed by atoms with Crippen molar-refractivity contribution in [1.29, 1.82) is 0 Å². The summed E-state index contributed by atoms with van der Waals surface area (Å²) in [6, 6.07) is 15.9. The highest BCUT2D eigenvalue weighted by atomic mass is 16.2. The lowest BCUT2D eigenvalue weighted by molar-refractivity contribution is -0.124. The second-order valence-electron chi connectivity index (χ2n) is 9.13. The Morgan fingerprint density at radius 3 is 2.65 bits per heavy atom. The summed E-state index contributed by atoms with van der Waals surface area (Å²) in [4.78, 5) is 29.9. The minimum Gasteiger partial charge on any atom is -0.369 e. The van der Waals surface area contributed by atoms with E-state index in [1.54, 1.807) is 9.58 Å². The van der Waals surface area contributed by atoms with Crippen LogP contribution < -0.4 is 5.32 Å². The zero-order valence-electron chi connectivity index (χ0n) is 20.4. The highest BCUT2D eigenvalue weighted by Gasteiger charge is 2.27. The van der Waals surface area contributed by atoms with Gasteiger partial charge in [-0.3, -0.25) is 14.3 Å². The van der Waals surface area contributed by atoms with Crippen LogP contribution in [0.4, 0.5) is 0 Å². The summed E-state index contributed by atoms with van der Waals surface area (Å²) in [5, 5.41) is 8.49. The fourth-order valence-electron chi connectivity index (χ4n) is 4.59. The first kappa shape index (κ1) is 23.5. The average molecular weight is 460 g/mol. The van der Waals surface area contributed by atoms with E-state index in [-0.39, 0.29) is 23.9 Å². The van der Waals surface area contributed by atoms with Gasteiger partial charge in [-0.1, -0.05) is 48.0 Å². The Labute approximate surface area is 201 Å². The van der Waals surface area contributed by atoms with Gasteiger partial charge in [-0.15, -0.1) is 0 Å². The number of hydrogen-bond donors (Lipinski definition) is 1. The number of nitrogens with one attached hydrogen (secondary N) is 1. The molecule has 0 aliphatic carbocycles. The monoisotopic (exact) mass is 459 g/mol. The quantitative estimate of drug-likeness (QED) is 0.561. The molecule has 0 saturated carbocycles. The molecular formula is C27H33N5O2. The van der Waals surface area contributed by atoms with Crippen LogP contribution in [0.15, 0.2) is 60.8 Å². The van der Waals surface area contributed by atoms with Crippen molar-refractivity contribution < 1.29 is 9.59 Å². The van der Waals surface area contributed by atoms with Crippen molar-refractivity contribution in [2.75, 3.05) is 20.6 Å². The topological polar surface area (TPSA) is 70.5 Å². The molecule has 1 aliphatic rings. The molecule has 3 aromatic rings. The van der Waals surface area contributed by atoms with E-state index >= 15 is 0 Å². The predicted octanol–water partition coefficient (Wildman–Crippen LogP) is 3.29. The third kappa shape index (κ3) is 4.98. The number of carbonyl (C=O) groups excluding carboxylic acids is 2. The Bertz CT molecular complexity index is 1200. The van der Waals surface area contributed by atoms with E-state index in [0.717, 1.165) is 28.5 Å². The van der Waals surface area contributed by atoms with Crippen molar-refractivity contribution in [3.8, 4) is 0 Å². The van der Waals surface area contributed by atoms with Crippen LogP contribution in [0.1, 0.15) is 34.5 Å². The Hall–Kier alpha value is -3.61. The van der Waals surface area contributed by atoms with Crippen LogP contribution in [0.2, 0.25) is 0 Å². The minimum absolute atomic E-state index is 0.0196. The fraction of sp³-hybridized carbons (Fsp3) is 0.370. The van der Waals surface area contributed by atoms with E-state index in [1.165, 1.54) is 0 Å². The van der Waals surface area contributed by atoms with E-state index in [2.05, 4.69) is 22.5 Å². The zero-order chi connectivity index (χ0) is 24.2. The second kappa shape index (κ2) is 10.1. The fourth-order valence-corrected chi connectivity index (χ4v) is 4.59. The van der Waals surface area contributed by atoms with Crippen LogP contribution >= 0.6 is 0 Å². The summed E-state index contributed by atoms with van der Waals surface area (Å²) in [7, 11) is 5.61. The Morgan fingerprint density at radius 1 is 1.18 bits per heavy atom. The van der Waals surface area contributed by atoms with Gasteiger partial charge in [0.2, 0.25) is 5.91 Å². The van der Waals surface area contributed by atoms with Crippen molar-refractivity contribution in [2.24, 2.45) is 7.05 Å². The van der Waals surface area contributed by atoms with Crippen LogP contribution in [0.3, 0.4) is 0 Å². The van der Waals surface area contributed by atoms with Gasteiger partial charge in [-0.05, 0) is 50.1 Å². The molecule has 0 radical (unpaired) electrons. The molecule has 0 saturated heterocycles. The van der Waals surface area contributed by atoms with Gasteiger partial charge in [0.25, 0.3) is 5.91 Å². The van der Waals surface area contributed by atoms with Crippen LogP contribution in [-0.4, -0.2) is 64.1 Å². The molecule has 34 heavy (non-hydrogen) atoms. The highest BCUT2D eigenvalue weighted by Crippen LogP contribution is 2.22. The number of aromatic nitrogens is 2. The molecule has 2 aromatic carbocycles. The summed E-state index contributed by atoms with van der Waals surface area (Å²) in [6.07, 6.45) is 6.02. The summed E-state index contributed by atoms with van der Waals surface area (Å²) < 4.78 is 1.76. The van der Waals surface area contributed by atoms with Crippen molar-refractivity contribution in [3.05, 3.63) is 77.6 Å². The van der Waals surface area contributed by atoms with Gasteiger partial charge < -0.3 is 15.1 Å². The number of carbonyl (C=O) groups is 2. The number of amides is 2. The van der Waals surface area contributed by atoms with Crippen molar-refractivity contribution in [2.45, 2.75) is 38.3 Å². The Morgan fingerprint density at radius 2 is 1.94 bits per heavy atom. The number of fused-ring (bicyclic) bond motifs is 1. The first-order chi connectivity index (χ1) is 16.3. The molecule has 1 aromatic heterocycles. The van der Waals surface area contributed by atoms with Gasteiger partial charge in [0, 0.05) is 39.1 Å². The van der Waals surface area contributed by atoms with Crippen molar-refractivity contribution >= 4 is 22.7 Å². The maximum absolute atomic E-state index is 13.6. The van der Waals surface area contributed by atoms with Gasteiger partial charge >= 0.3 is 0 Å². The van der Waals surface area contributed by atoms with Gasteiger partial charge in [0.1, 0.15) is 6.04 Å². The number of nitrogens with zero attached hydrogens (tertiary/aromatic N) is 4. The highest BCUT2D eigenvalue weighted by molar-refractivity contribution is 6.05. The SMILES string of the molecule is Cc1ccc2c(c1)c(C(=O)N(C)[C@H](CCNC(=O)C1CC=CN1C)Cc1ccccc1)nn2C. The lowest BCUT2D eigenvalue weighted by Gasteiger charge is -2.29. The Kier molecular flexibility index (Phi) is 7.01. The molecule has 4 rings (SSSR count). The molecule has 2 heterocycles. The molecule has 0 fully saturated rings. The summed E-state index contributed by atoms with van der Waals surface area (Å²) in [6.45, 7) is 2.52. The molecule has 0 bridgehead atoms. The average Bonchev–Trinajstić information content (AvgIpc) is 3.40. The number of hydrogen-bond acceptors (Lipinski definition) is 4. The van der Waals surface area contributed by atoms with E-state index in [1.807, 2.05) is 81.6 Å². The molecule has 1 unspecified atom stereocenters. The predicted molar refractivity (Wildman–Crippen MR) is 134 cm³/mol. The molecule has 0 spiro atoms. The molecule has 7 nitrogen and oxygen atoms in total. The van der Waals surface area contributed by atoms with E-state index in [4.69, 9.17) is 0 Å². The maximum Gasteiger partial charge on any atom is 0.275 e. The van der Waals surface area contributed by atoms with Crippen LogP contribution in [0.25, 0.3) is 10.9 Å². The molecule has 2 atom stereocenters. The standard InChI is InChI=1S/C27H33N5O2/c1-19-12-13-23-22(17-19)25(29-32(23)4)27(34)31(3)21(18-20-9-6-5-7-10-20)14-15-28-26(33)24-11-8-16-30(24)2/h5-10,12-13,16-17,21,24H,11,14-15,18H2,1-4H3,(H,28,33)/t21-,24?/m1/s1. The smallest absolute Gasteiger partial charge is 0.275 e. The molecule has 2 amide bonds. The molecular weight excluding hydrogens is 426 g/mol. The lowest BCUT2D eigenvalue weighted by Crippen LogP contribution is -2.44. The Balaban J connectivity index is 1.51. The first-order valence-corrected chi connectivity index (χ1v) is 11.8. The third-order valence-electron chi connectivity index (χ3n) is 6.66. The van der Waals surface area contributed by atoms with Crippen molar-refractivity contribution in [1.82, 2.24) is 24.9 Å².